The van der Waals surface area contributed by atoms with Gasteiger partial charge in [0.05, 0.1) is 0 Å². The number of likely N-dealkylation sites (N-methyl/N-ethyl adjacent to an activating group) is 1. The SMILES string of the molecule is Cc1cccc(CN2CCC(N(C)c3ccnc(C4CC4)n3)C2)c1. The molecule has 2 heterocycles. The van der Waals surface area contributed by atoms with Crippen LogP contribution in [0.4, 0.5) is 5.82 Å². The first-order chi connectivity index (χ1) is 11.7. The molecule has 1 unspecified atom stereocenters. The lowest BCUT2D eigenvalue weighted by Crippen LogP contribution is -2.35. The molecule has 0 bridgehead atoms. The highest BCUT2D eigenvalue weighted by Crippen LogP contribution is 2.38. The van der Waals surface area contributed by atoms with E-state index in [1.54, 1.807) is 0 Å². The Bertz CT molecular complexity index is 710. The van der Waals surface area contributed by atoms with Crippen LogP contribution in [0.15, 0.2) is 36.5 Å². The summed E-state index contributed by atoms with van der Waals surface area (Å²) in [6.07, 6.45) is 5.62. The van der Waals surface area contributed by atoms with Gasteiger partial charge in [0.25, 0.3) is 0 Å². The van der Waals surface area contributed by atoms with Crippen LogP contribution in [0.3, 0.4) is 0 Å². The lowest BCUT2D eigenvalue weighted by atomic mass is 10.1. The van der Waals surface area contributed by atoms with Gasteiger partial charge in [-0.3, -0.25) is 4.90 Å². The molecule has 0 N–H and O–H groups in total. The molecule has 1 aliphatic carbocycles. The summed E-state index contributed by atoms with van der Waals surface area (Å²) in [4.78, 5) is 14.1. The Morgan fingerprint density at radius 3 is 2.88 bits per heavy atom. The van der Waals surface area contributed by atoms with Crippen molar-refractivity contribution in [3.63, 3.8) is 0 Å². The fraction of sp³-hybridized carbons (Fsp3) is 0.500. The summed E-state index contributed by atoms with van der Waals surface area (Å²) >= 11 is 0. The Hall–Kier alpha value is -1.94. The number of anilines is 1. The van der Waals surface area contributed by atoms with Crippen LogP contribution in [0.2, 0.25) is 0 Å². The van der Waals surface area contributed by atoms with E-state index >= 15 is 0 Å². The largest absolute Gasteiger partial charge is 0.355 e. The van der Waals surface area contributed by atoms with Gasteiger partial charge in [0, 0.05) is 44.8 Å². The van der Waals surface area contributed by atoms with E-state index in [-0.39, 0.29) is 0 Å². The normalized spacial score (nSPS) is 21.2. The van der Waals surface area contributed by atoms with Crippen molar-refractivity contribution in [2.75, 3.05) is 25.0 Å². The molecule has 1 aliphatic heterocycles. The standard InChI is InChI=1S/C20H26N4/c1-15-4-3-5-16(12-15)13-24-11-9-18(14-24)23(2)19-8-10-21-20(22-19)17-6-7-17/h3-5,8,10,12,17-18H,6-7,9,11,13-14H2,1-2H3. The van der Waals surface area contributed by atoms with Crippen LogP contribution in [0, 0.1) is 6.92 Å². The fourth-order valence-corrected chi connectivity index (χ4v) is 3.63. The van der Waals surface area contributed by atoms with Gasteiger partial charge >= 0.3 is 0 Å². The average Bonchev–Trinajstić information content (AvgIpc) is 3.34. The van der Waals surface area contributed by atoms with E-state index in [0.717, 1.165) is 31.3 Å². The highest BCUT2D eigenvalue weighted by atomic mass is 15.3. The van der Waals surface area contributed by atoms with E-state index in [1.165, 1.54) is 30.4 Å². The second-order valence-corrected chi connectivity index (χ2v) is 7.32. The molecule has 2 aliphatic rings. The maximum atomic E-state index is 4.80. The van der Waals surface area contributed by atoms with Gasteiger partial charge in [-0.1, -0.05) is 29.8 Å². The minimum atomic E-state index is 0.539. The molecular weight excluding hydrogens is 296 g/mol. The van der Waals surface area contributed by atoms with Gasteiger partial charge in [-0.2, -0.15) is 0 Å². The summed E-state index contributed by atoms with van der Waals surface area (Å²) < 4.78 is 0. The smallest absolute Gasteiger partial charge is 0.133 e. The van der Waals surface area contributed by atoms with Crippen LogP contribution in [0.1, 0.15) is 42.1 Å². The van der Waals surface area contributed by atoms with Crippen LogP contribution < -0.4 is 4.90 Å². The number of benzene rings is 1. The Morgan fingerprint density at radius 2 is 2.08 bits per heavy atom. The molecule has 0 spiro atoms. The molecule has 24 heavy (non-hydrogen) atoms. The second-order valence-electron chi connectivity index (χ2n) is 7.32. The first-order valence-corrected chi connectivity index (χ1v) is 9.03. The van der Waals surface area contributed by atoms with Crippen molar-refractivity contribution in [1.29, 1.82) is 0 Å². The zero-order valence-corrected chi connectivity index (χ0v) is 14.7. The zero-order chi connectivity index (χ0) is 16.5. The van der Waals surface area contributed by atoms with Crippen molar-refractivity contribution >= 4 is 5.82 Å². The lowest BCUT2D eigenvalue weighted by molar-refractivity contribution is 0.325. The third-order valence-electron chi connectivity index (χ3n) is 5.25. The Balaban J connectivity index is 1.39. The van der Waals surface area contributed by atoms with E-state index < -0.39 is 0 Å². The van der Waals surface area contributed by atoms with Gasteiger partial charge in [0.2, 0.25) is 0 Å². The van der Waals surface area contributed by atoms with Crippen molar-refractivity contribution in [2.24, 2.45) is 0 Å². The lowest BCUT2D eigenvalue weighted by Gasteiger charge is -2.26. The quantitative estimate of drug-likeness (QED) is 0.845. The number of nitrogens with zero attached hydrogens (tertiary/aromatic N) is 4. The number of hydrogen-bond donors (Lipinski definition) is 0. The van der Waals surface area contributed by atoms with Crippen LogP contribution in [0.5, 0.6) is 0 Å². The molecule has 1 atom stereocenters. The second kappa shape index (κ2) is 6.52. The Morgan fingerprint density at radius 1 is 1.21 bits per heavy atom. The minimum Gasteiger partial charge on any atom is -0.355 e. The summed E-state index contributed by atoms with van der Waals surface area (Å²) in [5, 5.41) is 0. The van der Waals surface area contributed by atoms with Gasteiger partial charge in [0.15, 0.2) is 0 Å². The first kappa shape index (κ1) is 15.6. The molecule has 4 rings (SSSR count). The van der Waals surface area contributed by atoms with Crippen LogP contribution in [0.25, 0.3) is 0 Å². The average molecular weight is 322 g/mol. The molecular formula is C20H26N4. The third-order valence-corrected chi connectivity index (χ3v) is 5.25. The summed E-state index contributed by atoms with van der Waals surface area (Å²) in [6, 6.07) is 11.4. The van der Waals surface area contributed by atoms with Gasteiger partial charge < -0.3 is 4.90 Å². The zero-order valence-electron chi connectivity index (χ0n) is 14.7. The number of hydrogen-bond acceptors (Lipinski definition) is 4. The van der Waals surface area contributed by atoms with Gasteiger partial charge in [-0.25, -0.2) is 9.97 Å². The topological polar surface area (TPSA) is 32.3 Å². The van der Waals surface area contributed by atoms with Gasteiger partial charge in [-0.15, -0.1) is 0 Å². The summed E-state index contributed by atoms with van der Waals surface area (Å²) in [6.45, 7) is 5.47. The fourth-order valence-electron chi connectivity index (χ4n) is 3.63. The number of likely N-dealkylation sites (tertiary alicyclic amines) is 1. The number of rotatable bonds is 5. The molecule has 1 aromatic carbocycles. The van der Waals surface area contributed by atoms with Gasteiger partial charge in [0.1, 0.15) is 11.6 Å². The Labute approximate surface area is 144 Å². The minimum absolute atomic E-state index is 0.539. The number of aryl methyl sites for hydroxylation is 1. The van der Waals surface area contributed by atoms with Crippen molar-refractivity contribution in [3.05, 3.63) is 53.5 Å². The van der Waals surface area contributed by atoms with Crippen LogP contribution in [-0.4, -0.2) is 41.0 Å². The van der Waals surface area contributed by atoms with Crippen LogP contribution in [-0.2, 0) is 6.54 Å². The van der Waals surface area contributed by atoms with Gasteiger partial charge in [-0.05, 0) is 37.8 Å². The van der Waals surface area contributed by atoms with E-state index in [4.69, 9.17) is 4.98 Å². The third kappa shape index (κ3) is 3.44. The predicted octanol–water partition coefficient (Wildman–Crippen LogP) is 3.37. The molecule has 126 valence electrons. The molecule has 0 radical (unpaired) electrons. The summed E-state index contributed by atoms with van der Waals surface area (Å²) in [5.41, 5.74) is 2.75. The van der Waals surface area contributed by atoms with E-state index in [0.29, 0.717) is 12.0 Å². The first-order valence-electron chi connectivity index (χ1n) is 9.03. The highest BCUT2D eigenvalue weighted by molar-refractivity contribution is 5.39. The highest BCUT2D eigenvalue weighted by Gasteiger charge is 2.29. The Kier molecular flexibility index (Phi) is 4.23. The molecule has 1 saturated carbocycles. The van der Waals surface area contributed by atoms with Crippen molar-refractivity contribution in [3.8, 4) is 0 Å². The summed E-state index contributed by atoms with van der Waals surface area (Å²) in [5.74, 6) is 2.73. The van der Waals surface area contributed by atoms with Crippen LogP contribution >= 0.6 is 0 Å². The van der Waals surface area contributed by atoms with Crippen molar-refractivity contribution in [1.82, 2.24) is 14.9 Å². The maximum Gasteiger partial charge on any atom is 0.133 e. The van der Waals surface area contributed by atoms with Crippen molar-refractivity contribution < 1.29 is 0 Å². The summed E-state index contributed by atoms with van der Waals surface area (Å²) in [7, 11) is 2.18. The number of aromatic nitrogens is 2. The van der Waals surface area contributed by atoms with E-state index in [2.05, 4.69) is 59.1 Å². The van der Waals surface area contributed by atoms with Crippen molar-refractivity contribution in [2.45, 2.75) is 44.7 Å². The molecule has 1 saturated heterocycles. The molecule has 2 fully saturated rings. The molecule has 4 heteroatoms. The predicted molar refractivity (Wildman–Crippen MR) is 97.3 cm³/mol. The van der Waals surface area contributed by atoms with E-state index in [9.17, 15) is 0 Å². The molecule has 1 aromatic heterocycles. The molecule has 4 nitrogen and oxygen atoms in total. The monoisotopic (exact) mass is 322 g/mol. The maximum absolute atomic E-state index is 4.80. The molecule has 0 amide bonds. The molecule has 2 aromatic rings. The van der Waals surface area contributed by atoms with E-state index in [1.807, 2.05) is 6.20 Å².